The van der Waals surface area contributed by atoms with Crippen LogP contribution in [-0.4, -0.2) is 36.2 Å². The van der Waals surface area contributed by atoms with Gasteiger partial charge in [0.1, 0.15) is 0 Å². The summed E-state index contributed by atoms with van der Waals surface area (Å²) >= 11 is -2.40. The van der Waals surface area contributed by atoms with Crippen LogP contribution in [-0.2, 0) is 14.3 Å². The van der Waals surface area contributed by atoms with Gasteiger partial charge in [0.05, 0.1) is 0 Å². The zero-order valence-corrected chi connectivity index (χ0v) is 22.9. The normalized spacial score (nSPS) is 19.8. The van der Waals surface area contributed by atoms with Gasteiger partial charge >= 0.3 is 184 Å². The number of hydrogen-bond donors (Lipinski definition) is 0. The quantitative estimate of drug-likeness (QED) is 0.206. The average Bonchev–Trinajstić information content (AvgIpc) is 2.65. The molecule has 0 aliphatic heterocycles. The van der Waals surface area contributed by atoms with Crippen molar-refractivity contribution in [3.63, 3.8) is 0 Å². The number of ketones is 1. The molecule has 0 amide bonds. The van der Waals surface area contributed by atoms with Crippen molar-refractivity contribution >= 4 is 30.1 Å². The van der Waals surface area contributed by atoms with E-state index in [1.807, 2.05) is 6.92 Å². The van der Waals surface area contributed by atoms with Crippen molar-refractivity contribution in [1.29, 1.82) is 0 Å². The van der Waals surface area contributed by atoms with Crippen LogP contribution in [0.5, 0.6) is 0 Å². The van der Waals surface area contributed by atoms with Crippen molar-refractivity contribution in [2.75, 3.05) is 0 Å². The molecular weight excluding hydrogens is 467 g/mol. The van der Waals surface area contributed by atoms with Crippen LogP contribution in [0.4, 0.5) is 0 Å². The molecule has 0 aromatic carbocycles. The average molecular weight is 511 g/mol. The molecular formula is C25H44O3Sn. The molecule has 0 unspecified atom stereocenters. The van der Waals surface area contributed by atoms with E-state index in [-0.39, 0.29) is 17.2 Å². The monoisotopic (exact) mass is 512 g/mol. The molecule has 0 spiro atoms. The van der Waals surface area contributed by atoms with Gasteiger partial charge in [0.15, 0.2) is 0 Å². The first-order valence-electron chi connectivity index (χ1n) is 11.7. The van der Waals surface area contributed by atoms with E-state index < -0.39 is 24.5 Å². The zero-order valence-electron chi connectivity index (χ0n) is 20.0. The van der Waals surface area contributed by atoms with Gasteiger partial charge in [-0.2, -0.15) is 0 Å². The molecule has 1 atom stereocenters. The molecule has 1 aliphatic carbocycles. The molecule has 0 saturated carbocycles. The minimum atomic E-state index is -2.40. The summed E-state index contributed by atoms with van der Waals surface area (Å²) in [5.74, 6) is -0.393. The molecule has 0 aromatic rings. The first kappa shape index (κ1) is 26.5. The van der Waals surface area contributed by atoms with Gasteiger partial charge in [-0.05, 0) is 0 Å². The Kier molecular flexibility index (Phi) is 11.2. The van der Waals surface area contributed by atoms with Crippen LogP contribution >= 0.6 is 0 Å². The molecule has 0 heterocycles. The molecule has 29 heavy (non-hydrogen) atoms. The zero-order chi connectivity index (χ0) is 22.1. The van der Waals surface area contributed by atoms with Crippen LogP contribution in [0.3, 0.4) is 0 Å². The van der Waals surface area contributed by atoms with Crippen molar-refractivity contribution in [2.24, 2.45) is 5.41 Å². The molecule has 0 aromatic heterocycles. The summed E-state index contributed by atoms with van der Waals surface area (Å²) in [6.07, 6.45) is 10.1. The third kappa shape index (κ3) is 7.88. The van der Waals surface area contributed by atoms with E-state index in [0.29, 0.717) is 6.42 Å². The Morgan fingerprint density at radius 2 is 1.55 bits per heavy atom. The number of carbonyl (C=O) groups is 2. The Morgan fingerprint density at radius 3 is 1.97 bits per heavy atom. The number of unbranched alkanes of at least 4 members (excludes halogenated alkanes) is 3. The predicted molar refractivity (Wildman–Crippen MR) is 126 cm³/mol. The fourth-order valence-electron chi connectivity index (χ4n) is 4.67. The molecule has 1 aliphatic rings. The second-order valence-electron chi connectivity index (χ2n) is 9.60. The van der Waals surface area contributed by atoms with Crippen LogP contribution in [0.15, 0.2) is 21.3 Å². The van der Waals surface area contributed by atoms with Crippen LogP contribution in [0.2, 0.25) is 13.3 Å². The van der Waals surface area contributed by atoms with Gasteiger partial charge in [-0.15, -0.1) is 0 Å². The van der Waals surface area contributed by atoms with E-state index in [9.17, 15) is 9.59 Å². The van der Waals surface area contributed by atoms with Gasteiger partial charge < -0.3 is 0 Å². The summed E-state index contributed by atoms with van der Waals surface area (Å²) in [5, 5.41) is 0. The first-order valence-corrected chi connectivity index (χ1v) is 19.4. The van der Waals surface area contributed by atoms with Crippen molar-refractivity contribution in [1.82, 2.24) is 0 Å². The molecule has 0 radical (unpaired) electrons. The number of hydrogen-bond acceptors (Lipinski definition) is 3. The number of rotatable bonds is 12. The molecule has 166 valence electrons. The van der Waals surface area contributed by atoms with Gasteiger partial charge in [0.2, 0.25) is 0 Å². The van der Waals surface area contributed by atoms with Crippen molar-refractivity contribution in [2.45, 2.75) is 113 Å². The minimum absolute atomic E-state index is 0.0179. The molecule has 0 saturated heterocycles. The van der Waals surface area contributed by atoms with Gasteiger partial charge in [0.25, 0.3) is 0 Å². The Labute approximate surface area is 183 Å². The summed E-state index contributed by atoms with van der Waals surface area (Å²) in [7, 11) is 0. The van der Waals surface area contributed by atoms with E-state index >= 15 is 0 Å². The standard InChI is InChI=1S/C13H17O3.3C4H9.Sn/c1-6-10-8(2)12(15)11(16-9(3)14)7-13(10,4)5;3*1-3-4-2;/h1,6,11H,7H2,2-5H3;3*1,3-4H2,2H3;/t11-;;;;/m0..../s1. The fraction of sp³-hybridized carbons (Fsp3) is 0.760. The van der Waals surface area contributed by atoms with Crippen molar-refractivity contribution in [3.8, 4) is 0 Å². The summed E-state index contributed by atoms with van der Waals surface area (Å²) in [6, 6.07) is 0. The molecule has 1 rings (SSSR count). The number of ether oxygens (including phenoxy) is 1. The van der Waals surface area contributed by atoms with Crippen molar-refractivity contribution in [3.05, 3.63) is 21.3 Å². The third-order valence-electron chi connectivity index (χ3n) is 6.49. The Hall–Kier alpha value is -0.581. The van der Waals surface area contributed by atoms with Crippen LogP contribution in [0.25, 0.3) is 0 Å². The Morgan fingerprint density at radius 1 is 1.07 bits per heavy atom. The number of Topliss-reactive ketones (excluding diaryl/α,β-unsaturated/α-hetero) is 1. The van der Waals surface area contributed by atoms with Gasteiger partial charge in [-0.25, -0.2) is 0 Å². The van der Waals surface area contributed by atoms with E-state index in [0.717, 1.165) is 11.1 Å². The van der Waals surface area contributed by atoms with E-state index in [1.165, 1.54) is 58.8 Å². The number of allylic oxidation sites excluding steroid dienone is 2. The van der Waals surface area contributed by atoms with Gasteiger partial charge in [-0.3, -0.25) is 0 Å². The topological polar surface area (TPSA) is 43.4 Å². The molecule has 0 fully saturated rings. The number of carbonyl (C=O) groups excluding carboxylic acids is 2. The van der Waals surface area contributed by atoms with Gasteiger partial charge in [-0.1, -0.05) is 0 Å². The first-order chi connectivity index (χ1) is 13.6. The molecule has 0 N–H and O–H groups in total. The second-order valence-corrected chi connectivity index (χ2v) is 22.6. The molecule has 0 bridgehead atoms. The summed E-state index contributed by atoms with van der Waals surface area (Å²) in [6.45, 7) is 14.6. The van der Waals surface area contributed by atoms with E-state index in [2.05, 4.69) is 44.8 Å². The Bertz CT molecular complexity index is 594. The maximum atomic E-state index is 12.8. The van der Waals surface area contributed by atoms with Gasteiger partial charge in [0, 0.05) is 0 Å². The van der Waals surface area contributed by atoms with Crippen LogP contribution in [0.1, 0.15) is 93.4 Å². The van der Waals surface area contributed by atoms with E-state index in [4.69, 9.17) is 4.74 Å². The van der Waals surface area contributed by atoms with Crippen LogP contribution < -0.4 is 0 Å². The van der Waals surface area contributed by atoms with Crippen LogP contribution in [0, 0.1) is 5.41 Å². The maximum absolute atomic E-state index is 12.8. The Balaban J connectivity index is 3.27. The molecule has 4 heteroatoms. The summed E-state index contributed by atoms with van der Waals surface area (Å²) in [5.41, 5.74) is 1.79. The predicted octanol–water partition coefficient (Wildman–Crippen LogP) is 7.18. The summed E-state index contributed by atoms with van der Waals surface area (Å²) in [4.78, 5) is 24.3. The number of esters is 1. The third-order valence-corrected chi connectivity index (χ3v) is 20.5. The van der Waals surface area contributed by atoms with E-state index in [1.54, 1.807) is 0 Å². The fourth-order valence-corrected chi connectivity index (χ4v) is 18.8. The SMILES string of the molecule is CCC[CH2][Sn](/[CH]=C/C1=C(C)C(=O)[C@@H](OC(C)=O)CC1(C)C)([CH2]CCC)[CH2]CCC. The van der Waals surface area contributed by atoms with Crippen molar-refractivity contribution < 1.29 is 14.3 Å². The second kappa shape index (κ2) is 12.3. The molecule has 3 nitrogen and oxygen atoms in total. The summed E-state index contributed by atoms with van der Waals surface area (Å²) < 4.78 is 12.3.